The monoisotopic (exact) mass is 325 g/mol. The fourth-order valence-corrected chi connectivity index (χ4v) is 2.72. The van der Waals surface area contributed by atoms with Crippen molar-refractivity contribution in [2.45, 2.75) is 13.8 Å². The molecule has 0 amide bonds. The highest BCUT2D eigenvalue weighted by Gasteiger charge is 2.12. The number of rotatable bonds is 2. The van der Waals surface area contributed by atoms with Gasteiger partial charge in [-0.1, -0.05) is 12.1 Å². The Balaban J connectivity index is 0.00000156. The van der Waals surface area contributed by atoms with Gasteiger partial charge in [0.1, 0.15) is 11.3 Å². The number of hydrogen-bond donors (Lipinski definition) is 1. The van der Waals surface area contributed by atoms with Crippen LogP contribution in [-0.2, 0) is 0 Å². The lowest BCUT2D eigenvalue weighted by atomic mass is 10.1. The highest BCUT2D eigenvalue weighted by molar-refractivity contribution is 5.90. The summed E-state index contributed by atoms with van der Waals surface area (Å²) in [5.41, 5.74) is 3.29. The number of halogens is 1. The Morgan fingerprint density at radius 3 is 2.70 bits per heavy atom. The topological polar surface area (TPSA) is 50.8 Å². The van der Waals surface area contributed by atoms with Gasteiger partial charge in [-0.15, -0.1) is 12.4 Å². The maximum absolute atomic E-state index is 6.10. The van der Waals surface area contributed by atoms with Gasteiger partial charge in [0.2, 0.25) is 5.88 Å². The summed E-state index contributed by atoms with van der Waals surface area (Å²) in [6.07, 6.45) is 5.38. The van der Waals surface area contributed by atoms with Gasteiger partial charge in [0.25, 0.3) is 0 Å². The first kappa shape index (κ1) is 15.3. The van der Waals surface area contributed by atoms with Crippen LogP contribution in [0.3, 0.4) is 0 Å². The molecule has 0 saturated carbocycles. The van der Waals surface area contributed by atoms with E-state index in [1.165, 1.54) is 5.56 Å². The molecule has 5 heteroatoms. The smallest absolute Gasteiger partial charge is 0.243 e. The first-order valence-electron chi connectivity index (χ1n) is 7.18. The number of nitrogens with one attached hydrogen (secondary N) is 1. The second-order valence-corrected chi connectivity index (χ2v) is 5.37. The summed E-state index contributed by atoms with van der Waals surface area (Å²) in [6.45, 7) is 4.16. The lowest BCUT2D eigenvalue weighted by Crippen LogP contribution is -1.90. The molecule has 3 aromatic heterocycles. The van der Waals surface area contributed by atoms with Crippen molar-refractivity contribution in [2.24, 2.45) is 0 Å². The van der Waals surface area contributed by atoms with E-state index in [4.69, 9.17) is 4.74 Å². The Morgan fingerprint density at radius 2 is 1.83 bits per heavy atom. The highest BCUT2D eigenvalue weighted by Crippen LogP contribution is 2.33. The molecule has 0 spiro atoms. The summed E-state index contributed by atoms with van der Waals surface area (Å²) >= 11 is 0. The van der Waals surface area contributed by atoms with Crippen LogP contribution in [0.1, 0.15) is 11.3 Å². The zero-order valence-corrected chi connectivity index (χ0v) is 13.6. The molecule has 1 N–H and O–H groups in total. The minimum absolute atomic E-state index is 0. The van der Waals surface area contributed by atoms with Crippen LogP contribution < -0.4 is 4.74 Å². The molecule has 116 valence electrons. The predicted octanol–water partition coefficient (Wildman–Crippen LogP) is 4.94. The fraction of sp³-hybridized carbons (Fsp3) is 0.111. The van der Waals surface area contributed by atoms with Crippen molar-refractivity contribution in [1.82, 2.24) is 15.0 Å². The van der Waals surface area contributed by atoms with Gasteiger partial charge in [0.05, 0.1) is 0 Å². The van der Waals surface area contributed by atoms with Gasteiger partial charge >= 0.3 is 0 Å². The minimum atomic E-state index is 0. The quantitative estimate of drug-likeness (QED) is 0.567. The van der Waals surface area contributed by atoms with Gasteiger partial charge in [0, 0.05) is 40.4 Å². The summed E-state index contributed by atoms with van der Waals surface area (Å²) in [7, 11) is 0. The third-order valence-electron chi connectivity index (χ3n) is 4.04. The molecule has 4 rings (SSSR count). The summed E-state index contributed by atoms with van der Waals surface area (Å²) < 4.78 is 6.10. The van der Waals surface area contributed by atoms with Gasteiger partial charge in [0.15, 0.2) is 0 Å². The van der Waals surface area contributed by atoms with Crippen LogP contribution in [0.2, 0.25) is 0 Å². The lowest BCUT2D eigenvalue weighted by Gasteiger charge is -2.08. The third-order valence-corrected chi connectivity index (χ3v) is 4.04. The van der Waals surface area contributed by atoms with Crippen molar-refractivity contribution in [2.75, 3.05) is 0 Å². The van der Waals surface area contributed by atoms with E-state index in [1.54, 1.807) is 12.4 Å². The molecule has 0 atom stereocenters. The van der Waals surface area contributed by atoms with Gasteiger partial charge in [-0.25, -0.2) is 4.98 Å². The highest BCUT2D eigenvalue weighted by atomic mass is 35.5. The van der Waals surface area contributed by atoms with E-state index in [2.05, 4.69) is 28.8 Å². The first-order valence-corrected chi connectivity index (χ1v) is 7.18. The minimum Gasteiger partial charge on any atom is -0.436 e. The molecule has 0 unspecified atom stereocenters. The number of ether oxygens (including phenoxy) is 1. The van der Waals surface area contributed by atoms with Crippen molar-refractivity contribution in [3.8, 4) is 11.6 Å². The Labute approximate surface area is 139 Å². The van der Waals surface area contributed by atoms with E-state index in [0.717, 1.165) is 33.1 Å². The SMILES string of the molecule is Cc1[nH]c2c(Oc3cccc4cnccc34)nccc2c1C.Cl. The van der Waals surface area contributed by atoms with Gasteiger partial charge in [-0.2, -0.15) is 0 Å². The van der Waals surface area contributed by atoms with E-state index in [-0.39, 0.29) is 12.4 Å². The van der Waals surface area contributed by atoms with E-state index >= 15 is 0 Å². The summed E-state index contributed by atoms with van der Waals surface area (Å²) in [5.74, 6) is 1.38. The molecule has 0 fully saturated rings. The maximum Gasteiger partial charge on any atom is 0.243 e. The molecule has 0 aliphatic rings. The Bertz CT molecular complexity index is 989. The van der Waals surface area contributed by atoms with Crippen LogP contribution in [0.5, 0.6) is 11.6 Å². The number of aryl methyl sites for hydroxylation is 2. The van der Waals surface area contributed by atoms with Crippen LogP contribution in [0.25, 0.3) is 21.7 Å². The van der Waals surface area contributed by atoms with E-state index < -0.39 is 0 Å². The summed E-state index contributed by atoms with van der Waals surface area (Å²) in [5, 5.41) is 3.21. The second-order valence-electron chi connectivity index (χ2n) is 5.37. The number of nitrogens with zero attached hydrogens (tertiary/aromatic N) is 2. The predicted molar refractivity (Wildman–Crippen MR) is 94.6 cm³/mol. The molecular formula is C18H16ClN3O. The molecule has 4 aromatic rings. The number of hydrogen-bond acceptors (Lipinski definition) is 3. The van der Waals surface area contributed by atoms with Crippen LogP contribution >= 0.6 is 12.4 Å². The van der Waals surface area contributed by atoms with Crippen molar-refractivity contribution in [3.05, 3.63) is 60.2 Å². The first-order chi connectivity index (χ1) is 10.7. The molecular weight excluding hydrogens is 310 g/mol. The zero-order valence-electron chi connectivity index (χ0n) is 12.8. The Hall–Kier alpha value is -2.59. The van der Waals surface area contributed by atoms with E-state index in [0.29, 0.717) is 5.88 Å². The average Bonchev–Trinajstić information content (AvgIpc) is 2.84. The average molecular weight is 326 g/mol. The van der Waals surface area contributed by atoms with Gasteiger partial charge in [-0.05, 0) is 37.6 Å². The van der Waals surface area contributed by atoms with Gasteiger partial charge in [-0.3, -0.25) is 4.98 Å². The molecule has 0 bridgehead atoms. The van der Waals surface area contributed by atoms with E-state index in [1.807, 2.05) is 36.5 Å². The maximum atomic E-state index is 6.10. The van der Waals surface area contributed by atoms with Crippen LogP contribution in [0, 0.1) is 13.8 Å². The standard InChI is InChI=1S/C18H15N3O.ClH/c1-11-12(2)21-17-14(11)7-9-20-18(17)22-16-5-3-4-13-10-19-8-6-15(13)16;/h3-10,21H,1-2H3;1H. The second kappa shape index (κ2) is 5.89. The number of H-pyrrole nitrogens is 1. The molecule has 0 radical (unpaired) electrons. The summed E-state index contributed by atoms with van der Waals surface area (Å²) in [4.78, 5) is 11.9. The zero-order chi connectivity index (χ0) is 15.1. The summed E-state index contributed by atoms with van der Waals surface area (Å²) in [6, 6.07) is 9.90. The molecule has 3 heterocycles. The Morgan fingerprint density at radius 1 is 1.00 bits per heavy atom. The molecule has 1 aromatic carbocycles. The van der Waals surface area contributed by atoms with Gasteiger partial charge < -0.3 is 9.72 Å². The van der Waals surface area contributed by atoms with Crippen LogP contribution in [0.15, 0.2) is 48.9 Å². The normalized spacial score (nSPS) is 10.7. The molecule has 23 heavy (non-hydrogen) atoms. The van der Waals surface area contributed by atoms with E-state index in [9.17, 15) is 0 Å². The molecule has 0 aliphatic heterocycles. The third kappa shape index (κ3) is 2.51. The Kier molecular flexibility index (Phi) is 3.92. The number of aromatic nitrogens is 3. The number of pyridine rings is 2. The lowest BCUT2D eigenvalue weighted by molar-refractivity contribution is 0.473. The fourth-order valence-electron chi connectivity index (χ4n) is 2.72. The number of fused-ring (bicyclic) bond motifs is 2. The number of benzene rings is 1. The molecule has 4 nitrogen and oxygen atoms in total. The van der Waals surface area contributed by atoms with Crippen molar-refractivity contribution >= 4 is 34.1 Å². The molecule has 0 saturated heterocycles. The largest absolute Gasteiger partial charge is 0.436 e. The van der Waals surface area contributed by atoms with Crippen LogP contribution in [-0.4, -0.2) is 15.0 Å². The number of aromatic amines is 1. The van der Waals surface area contributed by atoms with Crippen molar-refractivity contribution < 1.29 is 4.74 Å². The van der Waals surface area contributed by atoms with Crippen molar-refractivity contribution in [3.63, 3.8) is 0 Å². The van der Waals surface area contributed by atoms with Crippen LogP contribution in [0.4, 0.5) is 0 Å². The van der Waals surface area contributed by atoms with Crippen molar-refractivity contribution in [1.29, 1.82) is 0 Å². The molecule has 0 aliphatic carbocycles.